The largest absolute Gasteiger partial charge is 0.481 e. The Hall–Kier alpha value is -1.84. The Morgan fingerprint density at radius 3 is 2.62 bits per heavy atom. The van der Waals surface area contributed by atoms with Crippen molar-refractivity contribution in [2.75, 3.05) is 0 Å². The summed E-state index contributed by atoms with van der Waals surface area (Å²) in [6.07, 6.45) is 1.57. The normalized spacial score (nSPS) is 18.9. The van der Waals surface area contributed by atoms with Crippen LogP contribution in [0.4, 0.5) is 0 Å². The van der Waals surface area contributed by atoms with Gasteiger partial charge in [0.2, 0.25) is 0 Å². The molecule has 114 valence electrons. The summed E-state index contributed by atoms with van der Waals surface area (Å²) in [5, 5.41) is 9.50. The van der Waals surface area contributed by atoms with Gasteiger partial charge in [-0.25, -0.2) is 0 Å². The predicted molar refractivity (Wildman–Crippen MR) is 79.1 cm³/mol. The number of fused-ring (bicyclic) bond motifs is 1. The molecule has 0 radical (unpaired) electrons. The van der Waals surface area contributed by atoms with Gasteiger partial charge in [0.05, 0.1) is 12.3 Å². The van der Waals surface area contributed by atoms with E-state index in [4.69, 9.17) is 4.74 Å². The van der Waals surface area contributed by atoms with Crippen molar-refractivity contribution in [1.29, 1.82) is 0 Å². The van der Waals surface area contributed by atoms with E-state index >= 15 is 0 Å². The number of ether oxygens (including phenoxy) is 1. The van der Waals surface area contributed by atoms with Gasteiger partial charge in [-0.15, -0.1) is 0 Å². The van der Waals surface area contributed by atoms with Crippen LogP contribution >= 0.6 is 0 Å². The minimum absolute atomic E-state index is 0.0778. The number of aryl methyl sites for hydroxylation is 1. The van der Waals surface area contributed by atoms with Crippen LogP contribution < -0.4 is 0 Å². The maximum Gasteiger partial charge on any atom is 0.307 e. The van der Waals surface area contributed by atoms with Gasteiger partial charge in [0.1, 0.15) is 5.60 Å². The lowest BCUT2D eigenvalue weighted by Gasteiger charge is -2.23. The van der Waals surface area contributed by atoms with Crippen molar-refractivity contribution in [3.8, 4) is 0 Å². The molecule has 1 aromatic rings. The fourth-order valence-corrected chi connectivity index (χ4v) is 2.97. The van der Waals surface area contributed by atoms with E-state index in [-0.39, 0.29) is 12.3 Å². The smallest absolute Gasteiger partial charge is 0.307 e. The zero-order chi connectivity index (χ0) is 15.6. The van der Waals surface area contributed by atoms with Gasteiger partial charge in [-0.3, -0.25) is 9.59 Å². The summed E-state index contributed by atoms with van der Waals surface area (Å²) in [4.78, 5) is 23.5. The van der Waals surface area contributed by atoms with E-state index in [1.165, 1.54) is 5.56 Å². The van der Waals surface area contributed by atoms with Crippen LogP contribution in [0.1, 0.15) is 50.7 Å². The summed E-state index contributed by atoms with van der Waals surface area (Å²) in [5.74, 6) is -2.20. The molecule has 0 saturated heterocycles. The second kappa shape index (κ2) is 5.88. The van der Waals surface area contributed by atoms with Gasteiger partial charge < -0.3 is 9.84 Å². The maximum absolute atomic E-state index is 12.0. The molecule has 21 heavy (non-hydrogen) atoms. The molecule has 2 rings (SSSR count). The molecule has 1 N–H and O–H groups in total. The molecule has 4 heteroatoms. The summed E-state index contributed by atoms with van der Waals surface area (Å²) in [6, 6.07) is 7.88. The number of esters is 1. The topological polar surface area (TPSA) is 63.6 Å². The fourth-order valence-electron chi connectivity index (χ4n) is 2.97. The minimum Gasteiger partial charge on any atom is -0.481 e. The molecule has 0 heterocycles. The van der Waals surface area contributed by atoms with Crippen LogP contribution in [0.25, 0.3) is 0 Å². The number of carbonyl (C=O) groups excluding carboxylic acids is 1. The molecule has 4 nitrogen and oxygen atoms in total. The quantitative estimate of drug-likeness (QED) is 0.865. The highest BCUT2D eigenvalue weighted by atomic mass is 16.6. The van der Waals surface area contributed by atoms with Crippen molar-refractivity contribution in [2.24, 2.45) is 5.92 Å². The molecule has 0 saturated carbocycles. The van der Waals surface area contributed by atoms with E-state index in [0.717, 1.165) is 18.4 Å². The number of carboxylic acids is 1. The first kappa shape index (κ1) is 15.5. The van der Waals surface area contributed by atoms with Gasteiger partial charge >= 0.3 is 11.9 Å². The average molecular weight is 290 g/mol. The van der Waals surface area contributed by atoms with E-state index in [1.54, 1.807) is 20.8 Å². The maximum atomic E-state index is 12.0. The van der Waals surface area contributed by atoms with Crippen molar-refractivity contribution < 1.29 is 19.4 Å². The van der Waals surface area contributed by atoms with Gasteiger partial charge in [-0.2, -0.15) is 0 Å². The molecule has 1 aliphatic carbocycles. The van der Waals surface area contributed by atoms with Crippen molar-refractivity contribution >= 4 is 11.9 Å². The van der Waals surface area contributed by atoms with Crippen LogP contribution in [0.5, 0.6) is 0 Å². The third-order valence-corrected chi connectivity index (χ3v) is 3.79. The molecule has 1 unspecified atom stereocenters. The van der Waals surface area contributed by atoms with E-state index in [2.05, 4.69) is 0 Å². The van der Waals surface area contributed by atoms with Crippen molar-refractivity contribution in [3.63, 3.8) is 0 Å². The minimum atomic E-state index is -0.928. The Morgan fingerprint density at radius 2 is 2.00 bits per heavy atom. The third kappa shape index (κ3) is 3.84. The van der Waals surface area contributed by atoms with Crippen molar-refractivity contribution in [1.82, 2.24) is 0 Å². The second-order valence-electron chi connectivity index (χ2n) is 6.58. The molecule has 0 bridgehead atoms. The number of rotatable bonds is 4. The lowest BCUT2D eigenvalue weighted by Crippen LogP contribution is -2.29. The molecule has 0 fully saturated rings. The van der Waals surface area contributed by atoms with Crippen molar-refractivity contribution in [3.05, 3.63) is 35.4 Å². The van der Waals surface area contributed by atoms with Gasteiger partial charge in [0.15, 0.2) is 0 Å². The highest BCUT2D eigenvalue weighted by Crippen LogP contribution is 2.40. The molecular formula is C17H22O4. The van der Waals surface area contributed by atoms with Gasteiger partial charge in [-0.05, 0) is 50.7 Å². The predicted octanol–water partition coefficient (Wildman–Crippen LogP) is 3.15. The Kier molecular flexibility index (Phi) is 4.35. The van der Waals surface area contributed by atoms with E-state index in [0.29, 0.717) is 0 Å². The lowest BCUT2D eigenvalue weighted by atomic mass is 9.85. The molecule has 0 spiro atoms. The Balaban J connectivity index is 2.14. The number of hydrogen-bond acceptors (Lipinski definition) is 3. The molecule has 1 aliphatic rings. The van der Waals surface area contributed by atoms with Crippen molar-refractivity contribution in [2.45, 2.75) is 51.6 Å². The summed E-state index contributed by atoms with van der Waals surface area (Å²) in [5.41, 5.74) is 1.67. The highest BCUT2D eigenvalue weighted by molar-refractivity contribution is 5.80. The molecule has 0 aromatic heterocycles. The lowest BCUT2D eigenvalue weighted by molar-refractivity contribution is -0.160. The monoisotopic (exact) mass is 290 g/mol. The van der Waals surface area contributed by atoms with E-state index < -0.39 is 23.5 Å². The van der Waals surface area contributed by atoms with Crippen LogP contribution in [0.2, 0.25) is 0 Å². The molecular weight excluding hydrogens is 268 g/mol. The van der Waals surface area contributed by atoms with Gasteiger partial charge in [0.25, 0.3) is 0 Å². The third-order valence-electron chi connectivity index (χ3n) is 3.79. The van der Waals surface area contributed by atoms with Gasteiger partial charge in [0, 0.05) is 0 Å². The Morgan fingerprint density at radius 1 is 1.33 bits per heavy atom. The summed E-state index contributed by atoms with van der Waals surface area (Å²) in [6.45, 7) is 5.35. The first-order valence-corrected chi connectivity index (χ1v) is 7.30. The van der Waals surface area contributed by atoms with E-state index in [9.17, 15) is 14.7 Å². The van der Waals surface area contributed by atoms with E-state index in [1.807, 2.05) is 24.3 Å². The zero-order valence-electron chi connectivity index (χ0n) is 12.8. The Labute approximate surface area is 125 Å². The van der Waals surface area contributed by atoms with Crippen LogP contribution in [0.3, 0.4) is 0 Å². The number of carboxylic acid groups (broad SMARTS) is 1. The number of hydrogen-bond donors (Lipinski definition) is 1. The molecule has 0 aliphatic heterocycles. The molecule has 0 amide bonds. The Bertz CT molecular complexity index is 542. The standard InChI is InChI=1S/C17H22O4/c1-17(2,3)21-15(18)10-14(16(19)20)13-9-8-11-6-4-5-7-12(11)13/h4-7,13-14H,8-10H2,1-3H3,(H,19,20)/t13-,14?/m1/s1. The fraction of sp³-hybridized carbons (Fsp3) is 0.529. The molecule has 1 aromatic carbocycles. The summed E-state index contributed by atoms with van der Waals surface area (Å²) >= 11 is 0. The average Bonchev–Trinajstić information content (AvgIpc) is 2.77. The molecule has 2 atom stereocenters. The number of benzene rings is 1. The highest BCUT2D eigenvalue weighted by Gasteiger charge is 2.36. The van der Waals surface area contributed by atoms with Gasteiger partial charge in [-0.1, -0.05) is 24.3 Å². The zero-order valence-corrected chi connectivity index (χ0v) is 12.8. The number of aliphatic carboxylic acids is 1. The van der Waals surface area contributed by atoms with Crippen LogP contribution in [-0.2, 0) is 20.7 Å². The van der Waals surface area contributed by atoms with Crippen LogP contribution in [-0.4, -0.2) is 22.6 Å². The SMILES string of the molecule is CC(C)(C)OC(=O)CC(C(=O)O)[C@@H]1CCc2ccccc21. The number of carbonyl (C=O) groups is 2. The van der Waals surface area contributed by atoms with Crippen LogP contribution in [0.15, 0.2) is 24.3 Å². The second-order valence-corrected chi connectivity index (χ2v) is 6.58. The first-order valence-electron chi connectivity index (χ1n) is 7.30. The summed E-state index contributed by atoms with van der Waals surface area (Å²) in [7, 11) is 0. The van der Waals surface area contributed by atoms with Crippen LogP contribution in [0, 0.1) is 5.92 Å². The first-order chi connectivity index (χ1) is 9.78. The summed E-state index contributed by atoms with van der Waals surface area (Å²) < 4.78 is 5.26.